The average Bonchev–Trinajstić information content (AvgIpc) is 3.20. The van der Waals surface area contributed by atoms with Gasteiger partial charge in [-0.1, -0.05) is 11.6 Å². The van der Waals surface area contributed by atoms with Crippen LogP contribution in [0.5, 0.6) is 0 Å². The molecule has 0 saturated heterocycles. The van der Waals surface area contributed by atoms with Crippen LogP contribution in [-0.2, 0) is 11.3 Å². The van der Waals surface area contributed by atoms with Gasteiger partial charge in [-0.15, -0.1) is 0 Å². The number of hydrogen-bond donors (Lipinski definition) is 0. The third-order valence-electron chi connectivity index (χ3n) is 3.74. The molecule has 8 heteroatoms. The van der Waals surface area contributed by atoms with E-state index < -0.39 is 0 Å². The third kappa shape index (κ3) is 3.24. The van der Waals surface area contributed by atoms with Crippen molar-refractivity contribution in [3.05, 3.63) is 29.0 Å². The van der Waals surface area contributed by atoms with Crippen LogP contribution < -0.4 is 0 Å². The highest BCUT2D eigenvalue weighted by atomic mass is 35.5. The highest BCUT2D eigenvalue weighted by Gasteiger charge is 2.28. The number of imidazole rings is 1. The van der Waals surface area contributed by atoms with Gasteiger partial charge in [0, 0.05) is 24.6 Å². The van der Waals surface area contributed by atoms with Gasteiger partial charge in [-0.25, -0.2) is 9.97 Å². The van der Waals surface area contributed by atoms with Crippen molar-refractivity contribution >= 4 is 45.9 Å². The summed E-state index contributed by atoms with van der Waals surface area (Å²) in [5, 5.41) is 1.59. The first-order valence-electron chi connectivity index (χ1n) is 7.41. The van der Waals surface area contributed by atoms with Crippen LogP contribution in [0.4, 0.5) is 0 Å². The lowest BCUT2D eigenvalue weighted by molar-refractivity contribution is 0.186. The first-order valence-corrected chi connectivity index (χ1v) is 9.37. The highest BCUT2D eigenvalue weighted by molar-refractivity contribution is 8.00. The van der Waals surface area contributed by atoms with Crippen LogP contribution >= 0.6 is 34.9 Å². The standard InChI is InChI=1S/C15H15ClN4OS2/c1-21-7-6-20-12-5-4-10(16)8-11(12)17-14(20)22-15-18-13(19-23-15)9-2-3-9/h4-5,8-9H,2-3,6-7H2,1H3. The van der Waals surface area contributed by atoms with E-state index in [1.165, 1.54) is 24.4 Å². The lowest BCUT2D eigenvalue weighted by Crippen LogP contribution is -2.05. The van der Waals surface area contributed by atoms with Crippen molar-refractivity contribution in [1.29, 1.82) is 0 Å². The Morgan fingerprint density at radius 3 is 3.04 bits per heavy atom. The Morgan fingerprint density at radius 1 is 1.39 bits per heavy atom. The number of fused-ring (bicyclic) bond motifs is 1. The zero-order valence-electron chi connectivity index (χ0n) is 12.5. The number of ether oxygens (including phenoxy) is 1. The third-order valence-corrected chi connectivity index (χ3v) is 5.73. The Hall–Kier alpha value is -1.15. The SMILES string of the molecule is COCCn1c(Sc2nc(C3CC3)ns2)nc2cc(Cl)ccc21. The van der Waals surface area contributed by atoms with Crippen LogP contribution in [0, 0.1) is 0 Å². The van der Waals surface area contributed by atoms with E-state index in [2.05, 4.69) is 13.9 Å². The highest BCUT2D eigenvalue weighted by Crippen LogP contribution is 2.40. The summed E-state index contributed by atoms with van der Waals surface area (Å²) in [4.78, 5) is 9.35. The van der Waals surface area contributed by atoms with Crippen LogP contribution in [-0.4, -0.2) is 32.6 Å². The van der Waals surface area contributed by atoms with Crippen molar-refractivity contribution in [2.24, 2.45) is 0 Å². The molecule has 0 N–H and O–H groups in total. The Kier molecular flexibility index (Phi) is 4.27. The van der Waals surface area contributed by atoms with Gasteiger partial charge in [0.15, 0.2) is 9.50 Å². The molecule has 0 amide bonds. The lowest BCUT2D eigenvalue weighted by Gasteiger charge is -2.06. The summed E-state index contributed by atoms with van der Waals surface area (Å²) in [6.45, 7) is 1.37. The van der Waals surface area contributed by atoms with Crippen molar-refractivity contribution in [3.8, 4) is 0 Å². The number of hydrogen-bond acceptors (Lipinski definition) is 6. The van der Waals surface area contributed by atoms with Gasteiger partial charge in [-0.3, -0.25) is 0 Å². The molecule has 1 fully saturated rings. The van der Waals surface area contributed by atoms with Crippen LogP contribution in [0.1, 0.15) is 24.6 Å². The molecule has 0 spiro atoms. The summed E-state index contributed by atoms with van der Waals surface area (Å²) < 4.78 is 12.8. The minimum absolute atomic E-state index is 0.576. The molecule has 0 aliphatic heterocycles. The van der Waals surface area contributed by atoms with Crippen molar-refractivity contribution in [2.75, 3.05) is 13.7 Å². The molecule has 3 aromatic rings. The summed E-state index contributed by atoms with van der Waals surface area (Å²) in [7, 11) is 1.70. The molecule has 0 atom stereocenters. The number of benzene rings is 1. The van der Waals surface area contributed by atoms with Gasteiger partial charge < -0.3 is 9.30 Å². The van der Waals surface area contributed by atoms with E-state index in [-0.39, 0.29) is 0 Å². The van der Waals surface area contributed by atoms with E-state index in [1.807, 2.05) is 18.2 Å². The number of aromatic nitrogens is 4. The molecule has 0 bridgehead atoms. The second-order valence-electron chi connectivity index (χ2n) is 5.47. The number of halogens is 1. The Labute approximate surface area is 147 Å². The second-order valence-corrected chi connectivity index (χ2v) is 7.87. The maximum Gasteiger partial charge on any atom is 0.177 e. The van der Waals surface area contributed by atoms with Crippen molar-refractivity contribution in [3.63, 3.8) is 0 Å². The Balaban J connectivity index is 1.68. The predicted octanol–water partition coefficient (Wildman–Crippen LogP) is 4.22. The zero-order valence-corrected chi connectivity index (χ0v) is 14.9. The normalized spacial score (nSPS) is 14.7. The Morgan fingerprint density at radius 2 is 2.26 bits per heavy atom. The summed E-state index contributed by atoms with van der Waals surface area (Å²) in [6, 6.07) is 5.78. The molecule has 4 rings (SSSR count). The van der Waals surface area contributed by atoms with Gasteiger partial charge in [0.25, 0.3) is 0 Å². The minimum atomic E-state index is 0.576. The van der Waals surface area contributed by atoms with Crippen molar-refractivity contribution < 1.29 is 4.74 Å². The minimum Gasteiger partial charge on any atom is -0.383 e. The summed E-state index contributed by atoms with van der Waals surface area (Å²) in [6.07, 6.45) is 2.43. The molecule has 1 saturated carbocycles. The predicted molar refractivity (Wildman–Crippen MR) is 92.6 cm³/mol. The molecule has 0 unspecified atom stereocenters. The van der Waals surface area contributed by atoms with Crippen molar-refractivity contribution in [1.82, 2.24) is 18.9 Å². The lowest BCUT2D eigenvalue weighted by atomic mass is 10.3. The molecule has 2 heterocycles. The van der Waals surface area contributed by atoms with Crippen LogP contribution in [0.3, 0.4) is 0 Å². The number of rotatable bonds is 6. The van der Waals surface area contributed by atoms with E-state index in [4.69, 9.17) is 21.3 Å². The van der Waals surface area contributed by atoms with Gasteiger partial charge in [-0.2, -0.15) is 4.37 Å². The quantitative estimate of drug-likeness (QED) is 0.653. The number of methoxy groups -OCH3 is 1. The molecule has 0 radical (unpaired) electrons. The maximum atomic E-state index is 6.09. The van der Waals surface area contributed by atoms with E-state index in [0.29, 0.717) is 17.5 Å². The molecule has 23 heavy (non-hydrogen) atoms. The summed E-state index contributed by atoms with van der Waals surface area (Å²) >= 11 is 9.10. The fourth-order valence-corrected chi connectivity index (χ4v) is 4.29. The average molecular weight is 367 g/mol. The van der Waals surface area contributed by atoms with Crippen molar-refractivity contribution in [2.45, 2.75) is 34.8 Å². The Bertz CT molecular complexity index is 843. The molecule has 120 valence electrons. The molecular formula is C15H15ClN4OS2. The van der Waals surface area contributed by atoms with Crippen LogP contribution in [0.15, 0.2) is 27.7 Å². The molecule has 1 aliphatic rings. The molecule has 1 aliphatic carbocycles. The van der Waals surface area contributed by atoms with E-state index in [1.54, 1.807) is 18.9 Å². The van der Waals surface area contributed by atoms with E-state index >= 15 is 0 Å². The molecule has 5 nitrogen and oxygen atoms in total. The summed E-state index contributed by atoms with van der Waals surface area (Å²) in [5.74, 6) is 1.56. The van der Waals surface area contributed by atoms with Gasteiger partial charge in [0.1, 0.15) is 5.82 Å². The monoisotopic (exact) mass is 366 g/mol. The fraction of sp³-hybridized carbons (Fsp3) is 0.400. The molecule has 1 aromatic carbocycles. The van der Waals surface area contributed by atoms with E-state index in [9.17, 15) is 0 Å². The van der Waals surface area contributed by atoms with Gasteiger partial charge in [-0.05, 0) is 54.3 Å². The smallest absolute Gasteiger partial charge is 0.177 e. The topological polar surface area (TPSA) is 52.8 Å². The maximum absolute atomic E-state index is 6.09. The van der Waals surface area contributed by atoms with E-state index in [0.717, 1.165) is 32.9 Å². The largest absolute Gasteiger partial charge is 0.383 e. The molecule has 2 aromatic heterocycles. The molecular weight excluding hydrogens is 352 g/mol. The van der Waals surface area contributed by atoms with Gasteiger partial charge >= 0.3 is 0 Å². The van der Waals surface area contributed by atoms with Crippen LogP contribution in [0.25, 0.3) is 11.0 Å². The zero-order chi connectivity index (χ0) is 15.8. The first kappa shape index (κ1) is 15.4. The summed E-state index contributed by atoms with van der Waals surface area (Å²) in [5.41, 5.74) is 1.95. The van der Waals surface area contributed by atoms with Gasteiger partial charge in [0.2, 0.25) is 0 Å². The fourth-order valence-electron chi connectivity index (χ4n) is 2.40. The first-order chi connectivity index (χ1) is 11.2. The van der Waals surface area contributed by atoms with Gasteiger partial charge in [0.05, 0.1) is 17.6 Å². The second kappa shape index (κ2) is 6.39. The van der Waals surface area contributed by atoms with Crippen LogP contribution in [0.2, 0.25) is 5.02 Å². The number of nitrogens with zero attached hydrogens (tertiary/aromatic N) is 4.